The Labute approximate surface area is 66.7 Å². The van der Waals surface area contributed by atoms with Gasteiger partial charge in [0.05, 0.1) is 5.92 Å². The molecule has 0 fully saturated rings. The predicted octanol–water partition coefficient (Wildman–Crippen LogP) is 2.28. The largest absolute Gasteiger partial charge is 0.431 e. The zero-order valence-corrected chi connectivity index (χ0v) is 7.26. The third kappa shape index (κ3) is 4.76. The standard InChI is InChI=1S/C8H15FO2/c1-4-5-7(9)11-8(10)6(2)3/h6-7H,4-5H2,1-3H3. The molecule has 0 aromatic carbocycles. The van der Waals surface area contributed by atoms with Gasteiger partial charge in [-0.15, -0.1) is 0 Å². The highest BCUT2D eigenvalue weighted by molar-refractivity contribution is 5.71. The molecular weight excluding hydrogens is 147 g/mol. The normalized spacial score (nSPS) is 13.2. The smallest absolute Gasteiger partial charge is 0.310 e. The van der Waals surface area contributed by atoms with E-state index >= 15 is 0 Å². The maximum Gasteiger partial charge on any atom is 0.310 e. The summed E-state index contributed by atoms with van der Waals surface area (Å²) in [4.78, 5) is 10.8. The average Bonchev–Trinajstić information content (AvgIpc) is 1.87. The summed E-state index contributed by atoms with van der Waals surface area (Å²) in [5, 5.41) is 0. The van der Waals surface area contributed by atoms with Crippen LogP contribution in [0.1, 0.15) is 33.6 Å². The van der Waals surface area contributed by atoms with Crippen molar-refractivity contribution < 1.29 is 13.9 Å². The molecule has 0 aliphatic rings. The summed E-state index contributed by atoms with van der Waals surface area (Å²) in [5.41, 5.74) is 0. The number of hydrogen-bond acceptors (Lipinski definition) is 2. The summed E-state index contributed by atoms with van der Waals surface area (Å²) in [7, 11) is 0. The SMILES string of the molecule is CCCC(F)OC(=O)C(C)C. The lowest BCUT2D eigenvalue weighted by molar-refractivity contribution is -0.162. The van der Waals surface area contributed by atoms with Crippen molar-refractivity contribution in [3.05, 3.63) is 0 Å². The predicted molar refractivity (Wildman–Crippen MR) is 40.7 cm³/mol. The first-order chi connectivity index (χ1) is 5.07. The average molecular weight is 162 g/mol. The minimum Gasteiger partial charge on any atom is -0.431 e. The van der Waals surface area contributed by atoms with Crippen molar-refractivity contribution in [1.29, 1.82) is 0 Å². The Balaban J connectivity index is 3.57. The van der Waals surface area contributed by atoms with E-state index in [1.54, 1.807) is 13.8 Å². The summed E-state index contributed by atoms with van der Waals surface area (Å²) in [6.45, 7) is 5.21. The van der Waals surface area contributed by atoms with Gasteiger partial charge in [0.15, 0.2) is 0 Å². The Hall–Kier alpha value is -0.600. The van der Waals surface area contributed by atoms with Crippen molar-refractivity contribution in [2.24, 2.45) is 5.92 Å². The van der Waals surface area contributed by atoms with E-state index in [0.29, 0.717) is 12.8 Å². The molecule has 0 aromatic rings. The van der Waals surface area contributed by atoms with E-state index in [1.165, 1.54) is 0 Å². The van der Waals surface area contributed by atoms with Crippen molar-refractivity contribution in [3.8, 4) is 0 Å². The van der Waals surface area contributed by atoms with E-state index in [4.69, 9.17) is 0 Å². The van der Waals surface area contributed by atoms with Crippen molar-refractivity contribution in [3.63, 3.8) is 0 Å². The number of halogens is 1. The molecule has 0 saturated carbocycles. The van der Waals surface area contributed by atoms with Gasteiger partial charge in [-0.25, -0.2) is 4.39 Å². The highest BCUT2D eigenvalue weighted by atomic mass is 19.1. The van der Waals surface area contributed by atoms with E-state index < -0.39 is 12.3 Å². The van der Waals surface area contributed by atoms with Crippen LogP contribution >= 0.6 is 0 Å². The molecule has 0 radical (unpaired) electrons. The maximum absolute atomic E-state index is 12.6. The fourth-order valence-electron chi connectivity index (χ4n) is 0.548. The van der Waals surface area contributed by atoms with Crippen LogP contribution in [0.15, 0.2) is 0 Å². The third-order valence-corrected chi connectivity index (χ3v) is 1.23. The molecule has 0 heterocycles. The van der Waals surface area contributed by atoms with Crippen molar-refractivity contribution >= 4 is 5.97 Å². The number of carbonyl (C=O) groups is 1. The lowest BCUT2D eigenvalue weighted by Crippen LogP contribution is -2.17. The zero-order chi connectivity index (χ0) is 8.85. The molecule has 66 valence electrons. The fourth-order valence-corrected chi connectivity index (χ4v) is 0.548. The molecule has 0 aliphatic carbocycles. The second-order valence-corrected chi connectivity index (χ2v) is 2.79. The molecule has 1 unspecified atom stereocenters. The van der Waals surface area contributed by atoms with E-state index in [1.807, 2.05) is 6.92 Å². The number of ether oxygens (including phenoxy) is 1. The van der Waals surface area contributed by atoms with Crippen LogP contribution in [0.3, 0.4) is 0 Å². The van der Waals surface area contributed by atoms with Crippen molar-refractivity contribution in [1.82, 2.24) is 0 Å². The molecule has 0 bridgehead atoms. The highest BCUT2D eigenvalue weighted by Crippen LogP contribution is 2.06. The van der Waals surface area contributed by atoms with E-state index in [-0.39, 0.29) is 5.92 Å². The number of alkyl halides is 1. The summed E-state index contributed by atoms with van der Waals surface area (Å²) in [6, 6.07) is 0. The quantitative estimate of drug-likeness (QED) is 0.593. The molecule has 0 spiro atoms. The van der Waals surface area contributed by atoms with Gasteiger partial charge in [0.1, 0.15) is 0 Å². The van der Waals surface area contributed by atoms with Gasteiger partial charge >= 0.3 is 5.97 Å². The number of esters is 1. The number of carbonyl (C=O) groups excluding carboxylic acids is 1. The molecule has 0 aromatic heterocycles. The molecule has 0 amide bonds. The van der Waals surface area contributed by atoms with Crippen LogP contribution in [-0.4, -0.2) is 12.3 Å². The number of rotatable bonds is 4. The van der Waals surface area contributed by atoms with Gasteiger partial charge in [0.2, 0.25) is 6.36 Å². The van der Waals surface area contributed by atoms with Gasteiger partial charge in [-0.2, -0.15) is 0 Å². The first-order valence-corrected chi connectivity index (χ1v) is 3.92. The van der Waals surface area contributed by atoms with Crippen molar-refractivity contribution in [2.45, 2.75) is 40.0 Å². The molecule has 0 aliphatic heterocycles. The van der Waals surface area contributed by atoms with Gasteiger partial charge < -0.3 is 4.74 Å². The molecule has 0 rings (SSSR count). The molecule has 0 N–H and O–H groups in total. The minimum atomic E-state index is -1.42. The molecule has 11 heavy (non-hydrogen) atoms. The molecule has 2 nitrogen and oxygen atoms in total. The van der Waals surface area contributed by atoms with Crippen molar-refractivity contribution in [2.75, 3.05) is 0 Å². The lowest BCUT2D eigenvalue weighted by Gasteiger charge is -2.10. The van der Waals surface area contributed by atoms with E-state index in [2.05, 4.69) is 4.74 Å². The third-order valence-electron chi connectivity index (χ3n) is 1.23. The van der Waals surface area contributed by atoms with E-state index in [9.17, 15) is 9.18 Å². The van der Waals surface area contributed by atoms with E-state index in [0.717, 1.165) is 0 Å². The Kier molecular flexibility index (Phi) is 4.83. The Morgan fingerprint density at radius 3 is 2.45 bits per heavy atom. The maximum atomic E-state index is 12.6. The second kappa shape index (κ2) is 5.10. The van der Waals surface area contributed by atoms with Crippen LogP contribution in [0.4, 0.5) is 4.39 Å². The van der Waals surface area contributed by atoms with Crippen LogP contribution in [0.25, 0.3) is 0 Å². The van der Waals surface area contributed by atoms with Crippen LogP contribution in [-0.2, 0) is 9.53 Å². The number of hydrogen-bond donors (Lipinski definition) is 0. The molecular formula is C8H15FO2. The second-order valence-electron chi connectivity index (χ2n) is 2.79. The van der Waals surface area contributed by atoms with Crippen LogP contribution in [0, 0.1) is 5.92 Å². The van der Waals surface area contributed by atoms with Gasteiger partial charge in [0, 0.05) is 6.42 Å². The van der Waals surface area contributed by atoms with Gasteiger partial charge in [-0.3, -0.25) is 4.79 Å². The first kappa shape index (κ1) is 10.4. The highest BCUT2D eigenvalue weighted by Gasteiger charge is 2.14. The molecule has 0 saturated heterocycles. The van der Waals surface area contributed by atoms with Crippen LogP contribution < -0.4 is 0 Å². The minimum absolute atomic E-state index is 0.245. The van der Waals surface area contributed by atoms with Crippen LogP contribution in [0.5, 0.6) is 0 Å². The zero-order valence-electron chi connectivity index (χ0n) is 7.26. The summed E-state index contributed by atoms with van der Waals surface area (Å²) in [5.74, 6) is -0.712. The summed E-state index contributed by atoms with van der Waals surface area (Å²) >= 11 is 0. The van der Waals surface area contributed by atoms with Gasteiger partial charge in [0.25, 0.3) is 0 Å². The monoisotopic (exact) mass is 162 g/mol. The van der Waals surface area contributed by atoms with Crippen LogP contribution in [0.2, 0.25) is 0 Å². The fraction of sp³-hybridized carbons (Fsp3) is 0.875. The van der Waals surface area contributed by atoms with Gasteiger partial charge in [-0.05, 0) is 6.42 Å². The first-order valence-electron chi connectivity index (χ1n) is 3.92. The topological polar surface area (TPSA) is 26.3 Å². The molecule has 3 heteroatoms. The Bertz CT molecular complexity index is 123. The summed E-state index contributed by atoms with van der Waals surface area (Å²) < 4.78 is 17.0. The summed E-state index contributed by atoms with van der Waals surface area (Å²) in [6.07, 6.45) is -0.444. The lowest BCUT2D eigenvalue weighted by atomic mass is 10.2. The van der Waals surface area contributed by atoms with Gasteiger partial charge in [-0.1, -0.05) is 20.8 Å². The molecule has 1 atom stereocenters. The Morgan fingerprint density at radius 1 is 1.55 bits per heavy atom. The Morgan fingerprint density at radius 2 is 2.09 bits per heavy atom.